The molecule has 4 unspecified atom stereocenters. The zero-order chi connectivity index (χ0) is 12.3. The lowest BCUT2D eigenvalue weighted by Crippen LogP contribution is -2.43. The molecule has 0 spiro atoms. The Morgan fingerprint density at radius 2 is 2.06 bits per heavy atom. The molecule has 4 nitrogen and oxygen atoms in total. The molecule has 96 valence electrons. The van der Waals surface area contributed by atoms with Gasteiger partial charge in [-0.1, -0.05) is 20.3 Å². The van der Waals surface area contributed by atoms with Crippen LogP contribution in [0, 0.1) is 11.8 Å². The fraction of sp³-hybridized carbons (Fsp3) is 1.00. The maximum absolute atomic E-state index is 11.8. The first-order valence-electron chi connectivity index (χ1n) is 6.04. The molecule has 0 bridgehead atoms. The largest absolute Gasteiger partial charge is 0.395 e. The second-order valence-corrected chi connectivity index (χ2v) is 7.00. The van der Waals surface area contributed by atoms with E-state index in [-0.39, 0.29) is 12.6 Å². The number of hydrogen-bond acceptors (Lipinski definition) is 3. The summed E-state index contributed by atoms with van der Waals surface area (Å²) in [6, 6.07) is 0.0453. The number of rotatable bonds is 5. The smallest absolute Gasteiger partial charge is 0.216 e. The van der Waals surface area contributed by atoms with Crippen LogP contribution in [0.5, 0.6) is 0 Å². The molecule has 4 atom stereocenters. The van der Waals surface area contributed by atoms with Crippen molar-refractivity contribution in [3.63, 3.8) is 0 Å². The summed E-state index contributed by atoms with van der Waals surface area (Å²) < 4.78 is 26.3. The van der Waals surface area contributed by atoms with Crippen molar-refractivity contribution in [2.75, 3.05) is 6.61 Å². The van der Waals surface area contributed by atoms with E-state index in [1.807, 2.05) is 0 Å². The summed E-state index contributed by atoms with van der Waals surface area (Å²) in [5.41, 5.74) is 0. The highest BCUT2D eigenvalue weighted by atomic mass is 32.2. The topological polar surface area (TPSA) is 66.4 Å². The molecule has 2 N–H and O–H groups in total. The number of hydrogen-bond donors (Lipinski definition) is 2. The third-order valence-electron chi connectivity index (χ3n) is 3.85. The number of aliphatic hydroxyl groups is 1. The zero-order valence-electron chi connectivity index (χ0n) is 10.3. The van der Waals surface area contributed by atoms with Crippen molar-refractivity contribution < 1.29 is 13.5 Å². The van der Waals surface area contributed by atoms with Gasteiger partial charge in [-0.25, -0.2) is 13.1 Å². The van der Waals surface area contributed by atoms with Crippen LogP contribution in [0.25, 0.3) is 0 Å². The Balaban J connectivity index is 2.62. The van der Waals surface area contributed by atoms with Gasteiger partial charge in [0.05, 0.1) is 11.9 Å². The second kappa shape index (κ2) is 5.47. The highest BCUT2D eigenvalue weighted by Crippen LogP contribution is 2.34. The van der Waals surface area contributed by atoms with Gasteiger partial charge in [0.15, 0.2) is 0 Å². The van der Waals surface area contributed by atoms with Crippen LogP contribution in [0.4, 0.5) is 0 Å². The molecule has 1 rings (SSSR count). The predicted octanol–water partition coefficient (Wildman–Crippen LogP) is 1.11. The minimum Gasteiger partial charge on any atom is -0.395 e. The summed E-state index contributed by atoms with van der Waals surface area (Å²) in [4.78, 5) is 0. The maximum Gasteiger partial charge on any atom is 0.216 e. The van der Waals surface area contributed by atoms with Crippen LogP contribution in [-0.2, 0) is 10.0 Å². The van der Waals surface area contributed by atoms with E-state index in [0.29, 0.717) is 11.8 Å². The van der Waals surface area contributed by atoms with Gasteiger partial charge in [-0.2, -0.15) is 0 Å². The quantitative estimate of drug-likeness (QED) is 0.767. The van der Waals surface area contributed by atoms with Gasteiger partial charge in [0.25, 0.3) is 0 Å². The average molecular weight is 249 g/mol. The van der Waals surface area contributed by atoms with Gasteiger partial charge in [-0.3, -0.25) is 0 Å². The normalized spacial score (nSPS) is 32.9. The molecule has 16 heavy (non-hydrogen) atoms. The Hall–Kier alpha value is -0.130. The van der Waals surface area contributed by atoms with Gasteiger partial charge in [-0.05, 0) is 31.6 Å². The third-order valence-corrected chi connectivity index (χ3v) is 5.69. The van der Waals surface area contributed by atoms with E-state index in [4.69, 9.17) is 5.11 Å². The Bertz CT molecular complexity index is 315. The molecular weight excluding hydrogens is 226 g/mol. The third kappa shape index (κ3) is 2.96. The van der Waals surface area contributed by atoms with Gasteiger partial charge in [0, 0.05) is 6.04 Å². The highest BCUT2D eigenvalue weighted by Gasteiger charge is 2.35. The first-order chi connectivity index (χ1) is 7.42. The lowest BCUT2D eigenvalue weighted by atomic mass is 9.94. The van der Waals surface area contributed by atoms with Crippen molar-refractivity contribution in [2.45, 2.75) is 51.3 Å². The second-order valence-electron chi connectivity index (χ2n) is 4.87. The van der Waals surface area contributed by atoms with Crippen LogP contribution in [0.1, 0.15) is 40.0 Å². The first kappa shape index (κ1) is 13.9. The molecule has 5 heteroatoms. The molecule has 0 aromatic rings. The monoisotopic (exact) mass is 249 g/mol. The lowest BCUT2D eigenvalue weighted by molar-refractivity contribution is 0.293. The van der Waals surface area contributed by atoms with Gasteiger partial charge in [-0.15, -0.1) is 0 Å². The fourth-order valence-corrected chi connectivity index (χ4v) is 3.60. The molecule has 0 aliphatic heterocycles. The summed E-state index contributed by atoms with van der Waals surface area (Å²) in [7, 11) is -3.36. The van der Waals surface area contributed by atoms with Crippen molar-refractivity contribution >= 4 is 10.0 Å². The first-order valence-corrected chi connectivity index (χ1v) is 7.59. The van der Waals surface area contributed by atoms with Gasteiger partial charge >= 0.3 is 0 Å². The van der Waals surface area contributed by atoms with Gasteiger partial charge in [0.1, 0.15) is 0 Å². The molecule has 1 aliphatic carbocycles. The number of nitrogens with one attached hydrogen (secondary N) is 1. The molecule has 0 saturated heterocycles. The summed E-state index contributed by atoms with van der Waals surface area (Å²) in [6.07, 6.45) is 3.12. The van der Waals surface area contributed by atoms with Crippen LogP contribution >= 0.6 is 0 Å². The van der Waals surface area contributed by atoms with E-state index < -0.39 is 15.3 Å². The van der Waals surface area contributed by atoms with Gasteiger partial charge in [0.2, 0.25) is 10.0 Å². The van der Waals surface area contributed by atoms with Gasteiger partial charge < -0.3 is 5.11 Å². The molecule has 0 aromatic heterocycles. The lowest BCUT2D eigenvalue weighted by Gasteiger charge is -2.22. The minimum atomic E-state index is -3.36. The summed E-state index contributed by atoms with van der Waals surface area (Å²) in [5.74, 6) is 1.02. The Morgan fingerprint density at radius 3 is 2.50 bits per heavy atom. The van der Waals surface area contributed by atoms with Crippen molar-refractivity contribution in [1.29, 1.82) is 0 Å². The molecule has 0 heterocycles. The van der Waals surface area contributed by atoms with E-state index in [2.05, 4.69) is 18.6 Å². The van der Waals surface area contributed by atoms with Crippen LogP contribution < -0.4 is 4.72 Å². The summed E-state index contributed by atoms with van der Waals surface area (Å²) in [6.45, 7) is 5.46. The Kier molecular flexibility index (Phi) is 4.76. The fourth-order valence-electron chi connectivity index (χ4n) is 2.42. The SMILES string of the molecule is CCC1CCC(NS(=O)(=O)C(C)CO)C1C. The zero-order valence-corrected chi connectivity index (χ0v) is 11.1. The van der Waals surface area contributed by atoms with Crippen LogP contribution in [0.3, 0.4) is 0 Å². The van der Waals surface area contributed by atoms with Crippen LogP contribution in [0.2, 0.25) is 0 Å². The molecule has 1 saturated carbocycles. The molecule has 1 fully saturated rings. The maximum atomic E-state index is 11.8. The Labute approximate surface area is 98.5 Å². The van der Waals surface area contributed by atoms with E-state index in [1.165, 1.54) is 6.92 Å². The molecular formula is C11H23NO3S. The number of aliphatic hydroxyl groups excluding tert-OH is 1. The molecule has 0 amide bonds. The molecule has 1 aliphatic rings. The van der Waals surface area contributed by atoms with E-state index in [1.54, 1.807) is 0 Å². The van der Waals surface area contributed by atoms with Crippen LogP contribution in [0.15, 0.2) is 0 Å². The minimum absolute atomic E-state index is 0.0453. The molecule has 0 aromatic carbocycles. The summed E-state index contributed by atoms with van der Waals surface area (Å²) in [5, 5.41) is 8.17. The molecule has 0 radical (unpaired) electrons. The van der Waals surface area contributed by atoms with Crippen molar-refractivity contribution in [2.24, 2.45) is 11.8 Å². The standard InChI is InChI=1S/C11H23NO3S/c1-4-10-5-6-11(9(10)3)12-16(14,15)8(2)7-13/h8-13H,4-7H2,1-3H3. The highest BCUT2D eigenvalue weighted by molar-refractivity contribution is 7.90. The average Bonchev–Trinajstić information content (AvgIpc) is 2.58. The predicted molar refractivity (Wildman–Crippen MR) is 64.6 cm³/mol. The van der Waals surface area contributed by atoms with Crippen molar-refractivity contribution in [3.8, 4) is 0 Å². The summed E-state index contributed by atoms with van der Waals surface area (Å²) >= 11 is 0. The van der Waals surface area contributed by atoms with E-state index in [0.717, 1.165) is 19.3 Å². The van der Waals surface area contributed by atoms with E-state index in [9.17, 15) is 8.42 Å². The van der Waals surface area contributed by atoms with E-state index >= 15 is 0 Å². The van der Waals surface area contributed by atoms with Crippen molar-refractivity contribution in [1.82, 2.24) is 4.72 Å². The van der Waals surface area contributed by atoms with Crippen LogP contribution in [-0.4, -0.2) is 31.4 Å². The number of sulfonamides is 1. The Morgan fingerprint density at radius 1 is 1.44 bits per heavy atom. The van der Waals surface area contributed by atoms with Crippen molar-refractivity contribution in [3.05, 3.63) is 0 Å².